The lowest BCUT2D eigenvalue weighted by atomic mass is 10.1. The first kappa shape index (κ1) is 19.3. The number of rotatable bonds is 5. The number of fused-ring (bicyclic) bond motifs is 1. The molecule has 0 saturated carbocycles. The van der Waals surface area contributed by atoms with Gasteiger partial charge in [-0.1, -0.05) is 12.1 Å². The van der Waals surface area contributed by atoms with Crippen LogP contribution in [0.2, 0.25) is 0 Å². The molecule has 0 unspecified atom stereocenters. The van der Waals surface area contributed by atoms with Crippen molar-refractivity contribution in [3.63, 3.8) is 0 Å². The van der Waals surface area contributed by atoms with E-state index in [1.165, 1.54) is 6.92 Å². The third-order valence-electron chi connectivity index (χ3n) is 3.92. The summed E-state index contributed by atoms with van der Waals surface area (Å²) in [4.78, 5) is 36.1. The SMILES string of the molecule is C[C@H](OC(=O)C[C@@H]1Oc2ccccc2NC1=O)C(=O)Nc1cc(F)ccc1F. The highest BCUT2D eigenvalue weighted by molar-refractivity contribution is 6.00. The third-order valence-corrected chi connectivity index (χ3v) is 3.92. The predicted molar refractivity (Wildman–Crippen MR) is 94.6 cm³/mol. The minimum absolute atomic E-state index is 0.375. The van der Waals surface area contributed by atoms with E-state index in [4.69, 9.17) is 9.47 Å². The molecule has 0 fully saturated rings. The molecule has 1 aliphatic rings. The maximum atomic E-state index is 13.6. The second-order valence-corrected chi connectivity index (χ2v) is 6.04. The number of anilines is 2. The summed E-state index contributed by atoms with van der Waals surface area (Å²) in [6.45, 7) is 1.27. The molecule has 2 aromatic rings. The van der Waals surface area contributed by atoms with Crippen molar-refractivity contribution < 1.29 is 32.6 Å². The van der Waals surface area contributed by atoms with Crippen LogP contribution in [0.25, 0.3) is 0 Å². The van der Waals surface area contributed by atoms with Crippen LogP contribution in [0, 0.1) is 11.6 Å². The van der Waals surface area contributed by atoms with Crippen molar-refractivity contribution in [1.29, 1.82) is 0 Å². The molecule has 28 heavy (non-hydrogen) atoms. The number of nitrogens with one attached hydrogen (secondary N) is 2. The van der Waals surface area contributed by atoms with E-state index in [1.54, 1.807) is 24.3 Å². The summed E-state index contributed by atoms with van der Waals surface area (Å²) in [6, 6.07) is 9.29. The second kappa shape index (κ2) is 8.03. The maximum absolute atomic E-state index is 13.6. The third kappa shape index (κ3) is 4.43. The zero-order valence-electron chi connectivity index (χ0n) is 14.7. The molecular formula is C19H16F2N2O5. The smallest absolute Gasteiger partial charge is 0.310 e. The molecular weight excluding hydrogens is 374 g/mol. The normalized spacial score (nSPS) is 16.2. The van der Waals surface area contributed by atoms with Gasteiger partial charge in [0.05, 0.1) is 17.8 Å². The Bertz CT molecular complexity index is 934. The van der Waals surface area contributed by atoms with E-state index in [9.17, 15) is 23.2 Å². The Labute approximate surface area is 158 Å². The van der Waals surface area contributed by atoms with Crippen LogP contribution in [0.1, 0.15) is 13.3 Å². The summed E-state index contributed by atoms with van der Waals surface area (Å²) in [6.07, 6.45) is -2.83. The van der Waals surface area contributed by atoms with Crippen LogP contribution in [0.4, 0.5) is 20.2 Å². The summed E-state index contributed by atoms with van der Waals surface area (Å²) in [5.41, 5.74) is 0.112. The Kier molecular flexibility index (Phi) is 5.53. The maximum Gasteiger partial charge on any atom is 0.310 e. The van der Waals surface area contributed by atoms with Crippen molar-refractivity contribution in [2.75, 3.05) is 10.6 Å². The first-order valence-corrected chi connectivity index (χ1v) is 8.35. The number of carbonyl (C=O) groups excluding carboxylic acids is 3. The van der Waals surface area contributed by atoms with Crippen molar-refractivity contribution in [2.24, 2.45) is 0 Å². The Hall–Kier alpha value is -3.49. The fourth-order valence-electron chi connectivity index (χ4n) is 2.50. The highest BCUT2D eigenvalue weighted by atomic mass is 19.1. The van der Waals surface area contributed by atoms with E-state index in [0.29, 0.717) is 11.4 Å². The van der Waals surface area contributed by atoms with E-state index in [1.807, 2.05) is 0 Å². The quantitative estimate of drug-likeness (QED) is 0.766. The molecule has 0 aromatic heterocycles. The Morgan fingerprint density at radius 1 is 1.25 bits per heavy atom. The lowest BCUT2D eigenvalue weighted by molar-refractivity contribution is -0.155. The largest absolute Gasteiger partial charge is 0.478 e. The van der Waals surface area contributed by atoms with Crippen LogP contribution in [0.5, 0.6) is 5.75 Å². The summed E-state index contributed by atoms with van der Waals surface area (Å²) in [7, 11) is 0. The van der Waals surface area contributed by atoms with Gasteiger partial charge in [-0.25, -0.2) is 8.78 Å². The zero-order valence-corrected chi connectivity index (χ0v) is 14.7. The van der Waals surface area contributed by atoms with Gasteiger partial charge in [-0.2, -0.15) is 0 Å². The lowest BCUT2D eigenvalue weighted by Gasteiger charge is -2.25. The van der Waals surface area contributed by atoms with Gasteiger partial charge in [0.1, 0.15) is 17.4 Å². The minimum Gasteiger partial charge on any atom is -0.478 e. The first-order valence-electron chi connectivity index (χ1n) is 8.35. The molecule has 7 nitrogen and oxygen atoms in total. The molecule has 0 aliphatic carbocycles. The molecule has 1 aliphatic heterocycles. The average Bonchev–Trinajstić information content (AvgIpc) is 2.65. The van der Waals surface area contributed by atoms with Crippen LogP contribution >= 0.6 is 0 Å². The van der Waals surface area contributed by atoms with Gasteiger partial charge in [0.2, 0.25) is 0 Å². The van der Waals surface area contributed by atoms with E-state index >= 15 is 0 Å². The Morgan fingerprint density at radius 3 is 2.79 bits per heavy atom. The lowest BCUT2D eigenvalue weighted by Crippen LogP contribution is -2.40. The molecule has 0 bridgehead atoms. The van der Waals surface area contributed by atoms with Gasteiger partial charge >= 0.3 is 5.97 Å². The molecule has 2 amide bonds. The predicted octanol–water partition coefficient (Wildman–Crippen LogP) is 2.62. The molecule has 0 saturated heterocycles. The van der Waals surface area contributed by atoms with Crippen molar-refractivity contribution in [1.82, 2.24) is 0 Å². The molecule has 3 rings (SSSR count). The molecule has 9 heteroatoms. The van der Waals surface area contributed by atoms with Crippen molar-refractivity contribution in [2.45, 2.75) is 25.6 Å². The number of halogens is 2. The highest BCUT2D eigenvalue weighted by Gasteiger charge is 2.31. The average molecular weight is 390 g/mol. The highest BCUT2D eigenvalue weighted by Crippen LogP contribution is 2.29. The Morgan fingerprint density at radius 2 is 2.00 bits per heavy atom. The van der Waals surface area contributed by atoms with Crippen molar-refractivity contribution in [3.05, 3.63) is 54.1 Å². The van der Waals surface area contributed by atoms with Gasteiger partial charge in [-0.3, -0.25) is 14.4 Å². The van der Waals surface area contributed by atoms with Gasteiger partial charge < -0.3 is 20.1 Å². The van der Waals surface area contributed by atoms with E-state index < -0.39 is 48.0 Å². The van der Waals surface area contributed by atoms with E-state index in [2.05, 4.69) is 10.6 Å². The van der Waals surface area contributed by atoms with Crippen molar-refractivity contribution in [3.8, 4) is 5.75 Å². The standard InChI is InChI=1S/C19H16F2N2O5/c1-10(18(25)23-14-8-11(20)6-7-12(14)21)27-17(24)9-16-19(26)22-13-4-2-3-5-15(13)28-16/h2-8,10,16H,9H2,1H3,(H,22,26)(H,23,25)/t10-,16-/m0/s1. The molecule has 0 radical (unpaired) electrons. The van der Waals surface area contributed by atoms with Gasteiger partial charge in [-0.15, -0.1) is 0 Å². The summed E-state index contributed by atoms with van der Waals surface area (Å²) in [5.74, 6) is -3.39. The second-order valence-electron chi connectivity index (χ2n) is 6.04. The summed E-state index contributed by atoms with van der Waals surface area (Å²) < 4.78 is 37.2. The van der Waals surface area contributed by atoms with Crippen molar-refractivity contribution >= 4 is 29.2 Å². The molecule has 0 spiro atoms. The number of amides is 2. The number of esters is 1. The minimum atomic E-state index is -1.30. The van der Waals surface area contributed by atoms with Crippen LogP contribution in [0.3, 0.4) is 0 Å². The number of benzene rings is 2. The van der Waals surface area contributed by atoms with Crippen LogP contribution in [-0.4, -0.2) is 30.0 Å². The number of carbonyl (C=O) groups is 3. The summed E-state index contributed by atoms with van der Waals surface area (Å²) in [5, 5.41) is 4.75. The van der Waals surface area contributed by atoms with E-state index in [-0.39, 0.29) is 5.69 Å². The van der Waals surface area contributed by atoms with Crippen LogP contribution in [0.15, 0.2) is 42.5 Å². The molecule has 2 atom stereocenters. The van der Waals surface area contributed by atoms with Crippen LogP contribution in [-0.2, 0) is 19.1 Å². The van der Waals surface area contributed by atoms with Gasteiger partial charge in [-0.05, 0) is 31.2 Å². The summed E-state index contributed by atoms with van der Waals surface area (Å²) >= 11 is 0. The van der Waals surface area contributed by atoms with E-state index in [0.717, 1.165) is 18.2 Å². The molecule has 146 valence electrons. The molecule has 1 heterocycles. The fraction of sp³-hybridized carbons (Fsp3) is 0.211. The van der Waals surface area contributed by atoms with Gasteiger partial charge in [0, 0.05) is 6.07 Å². The number of hydrogen-bond acceptors (Lipinski definition) is 5. The number of para-hydroxylation sites is 2. The first-order chi connectivity index (χ1) is 13.3. The Balaban J connectivity index is 1.56. The zero-order chi connectivity index (χ0) is 20.3. The fourth-order valence-corrected chi connectivity index (χ4v) is 2.50. The topological polar surface area (TPSA) is 93.7 Å². The number of hydrogen-bond donors (Lipinski definition) is 2. The van der Waals surface area contributed by atoms with Gasteiger partial charge in [0.15, 0.2) is 12.2 Å². The van der Waals surface area contributed by atoms with Gasteiger partial charge in [0.25, 0.3) is 11.8 Å². The van der Waals surface area contributed by atoms with Crippen LogP contribution < -0.4 is 15.4 Å². The molecule has 2 aromatic carbocycles. The number of ether oxygens (including phenoxy) is 2. The monoisotopic (exact) mass is 390 g/mol. The molecule has 2 N–H and O–H groups in total.